The molecule has 1 aliphatic heterocycles. The van der Waals surface area contributed by atoms with Crippen LogP contribution in [0.1, 0.15) is 24.0 Å². The number of hydrogen-bond donors (Lipinski definition) is 2. The van der Waals surface area contributed by atoms with Gasteiger partial charge in [0.15, 0.2) is 0 Å². The van der Waals surface area contributed by atoms with Crippen molar-refractivity contribution in [1.82, 2.24) is 5.32 Å². The molecule has 2 rings (SSSR count). The minimum Gasteiger partial charge on any atom is -0.330 e. The second-order valence-corrected chi connectivity index (χ2v) is 4.65. The lowest BCUT2D eigenvalue weighted by atomic mass is 9.98. The van der Waals surface area contributed by atoms with E-state index in [1.165, 1.54) is 4.90 Å². The fraction of sp³-hybridized carbons (Fsp3) is 0.429. The van der Waals surface area contributed by atoms with Crippen LogP contribution >= 0.6 is 0 Å². The predicted octanol–water partition coefficient (Wildman–Crippen LogP) is 0.561. The van der Waals surface area contributed by atoms with E-state index in [9.17, 15) is 9.59 Å². The Kier molecular flexibility index (Phi) is 4.29. The van der Waals surface area contributed by atoms with Crippen molar-refractivity contribution < 1.29 is 9.59 Å². The minimum atomic E-state index is -0.213. The zero-order valence-corrected chi connectivity index (χ0v) is 11.1. The average Bonchev–Trinajstić information content (AvgIpc) is 2.39. The van der Waals surface area contributed by atoms with Gasteiger partial charge in [-0.1, -0.05) is 12.1 Å². The van der Waals surface area contributed by atoms with E-state index in [0.717, 1.165) is 23.4 Å². The van der Waals surface area contributed by atoms with Crippen LogP contribution in [0, 0.1) is 0 Å². The number of benzene rings is 1. The fourth-order valence-corrected chi connectivity index (χ4v) is 2.37. The number of fused-ring (bicyclic) bond motifs is 1. The number of nitrogens with zero attached hydrogens (tertiary/aromatic N) is 1. The molecule has 5 heteroatoms. The minimum absolute atomic E-state index is 0.132. The summed E-state index contributed by atoms with van der Waals surface area (Å²) in [6.45, 7) is 1.04. The van der Waals surface area contributed by atoms with E-state index in [4.69, 9.17) is 5.73 Å². The van der Waals surface area contributed by atoms with Crippen molar-refractivity contribution in [3.63, 3.8) is 0 Å². The normalized spacial score (nSPS) is 14.4. The standard InChI is InChI=1S/C14H19N3O2/c1-16-9-10-2-4-12-11(8-10)3-5-13(18)17(12)14(19)6-7-15/h2,4,8,16H,3,5-7,9,15H2,1H3. The molecule has 1 aromatic rings. The molecule has 3 N–H and O–H groups in total. The number of carbonyl (C=O) groups excluding carboxylic acids is 2. The molecule has 0 atom stereocenters. The lowest BCUT2D eigenvalue weighted by Crippen LogP contribution is -2.41. The van der Waals surface area contributed by atoms with E-state index in [2.05, 4.69) is 11.4 Å². The number of nitrogens with two attached hydrogens (primary N) is 1. The highest BCUT2D eigenvalue weighted by Gasteiger charge is 2.28. The third-order valence-electron chi connectivity index (χ3n) is 3.23. The lowest BCUT2D eigenvalue weighted by Gasteiger charge is -2.28. The Morgan fingerprint density at radius 1 is 1.42 bits per heavy atom. The van der Waals surface area contributed by atoms with E-state index in [-0.39, 0.29) is 24.8 Å². The van der Waals surface area contributed by atoms with E-state index >= 15 is 0 Å². The Morgan fingerprint density at radius 3 is 2.89 bits per heavy atom. The monoisotopic (exact) mass is 261 g/mol. The fourth-order valence-electron chi connectivity index (χ4n) is 2.37. The molecule has 1 aromatic carbocycles. The molecule has 19 heavy (non-hydrogen) atoms. The third-order valence-corrected chi connectivity index (χ3v) is 3.23. The summed E-state index contributed by atoms with van der Waals surface area (Å²) in [7, 11) is 1.89. The SMILES string of the molecule is CNCc1ccc2c(c1)CCC(=O)N2C(=O)CCN. The maximum absolute atomic E-state index is 12.0. The summed E-state index contributed by atoms with van der Waals surface area (Å²) in [5.41, 5.74) is 8.32. The highest BCUT2D eigenvalue weighted by Crippen LogP contribution is 2.29. The Bertz CT molecular complexity index is 499. The molecule has 0 fully saturated rings. The number of carbonyl (C=O) groups is 2. The molecular formula is C14H19N3O2. The van der Waals surface area contributed by atoms with Crippen LogP contribution in [-0.2, 0) is 22.6 Å². The summed E-state index contributed by atoms with van der Waals surface area (Å²) >= 11 is 0. The Hall–Kier alpha value is -1.72. The number of anilines is 1. The molecule has 5 nitrogen and oxygen atoms in total. The van der Waals surface area contributed by atoms with Crippen LogP contribution in [-0.4, -0.2) is 25.4 Å². The van der Waals surface area contributed by atoms with E-state index in [1.54, 1.807) is 0 Å². The van der Waals surface area contributed by atoms with Gasteiger partial charge in [0.2, 0.25) is 11.8 Å². The first kappa shape index (κ1) is 13.7. The number of rotatable bonds is 4. The van der Waals surface area contributed by atoms with Crippen molar-refractivity contribution >= 4 is 17.5 Å². The van der Waals surface area contributed by atoms with Crippen LogP contribution in [0.5, 0.6) is 0 Å². The van der Waals surface area contributed by atoms with Crippen LogP contribution < -0.4 is 16.0 Å². The summed E-state index contributed by atoms with van der Waals surface area (Å²) < 4.78 is 0. The Labute approximate surface area is 112 Å². The lowest BCUT2D eigenvalue weighted by molar-refractivity contribution is -0.126. The van der Waals surface area contributed by atoms with Crippen molar-refractivity contribution in [2.24, 2.45) is 5.73 Å². The van der Waals surface area contributed by atoms with E-state index < -0.39 is 0 Å². The summed E-state index contributed by atoms with van der Waals surface area (Å²) in [6.07, 6.45) is 1.27. The van der Waals surface area contributed by atoms with Crippen LogP contribution in [0.15, 0.2) is 18.2 Å². The van der Waals surface area contributed by atoms with Crippen LogP contribution in [0.4, 0.5) is 5.69 Å². The molecule has 1 heterocycles. The van der Waals surface area contributed by atoms with Gasteiger partial charge in [-0.15, -0.1) is 0 Å². The first-order chi connectivity index (χ1) is 9.17. The van der Waals surface area contributed by atoms with Crippen molar-refractivity contribution in [2.75, 3.05) is 18.5 Å². The van der Waals surface area contributed by atoms with Crippen LogP contribution in [0.25, 0.3) is 0 Å². The quantitative estimate of drug-likeness (QED) is 0.830. The number of imide groups is 1. The third kappa shape index (κ3) is 2.83. The second kappa shape index (κ2) is 5.95. The van der Waals surface area contributed by atoms with E-state index in [0.29, 0.717) is 12.8 Å². The molecule has 102 valence electrons. The molecular weight excluding hydrogens is 242 g/mol. The number of nitrogens with one attached hydrogen (secondary N) is 1. The van der Waals surface area contributed by atoms with Gasteiger partial charge >= 0.3 is 0 Å². The summed E-state index contributed by atoms with van der Waals surface area (Å²) in [5.74, 6) is -0.345. The number of hydrogen-bond acceptors (Lipinski definition) is 4. The molecule has 0 spiro atoms. The van der Waals surface area contributed by atoms with Gasteiger partial charge in [0.1, 0.15) is 0 Å². The van der Waals surface area contributed by atoms with Crippen LogP contribution in [0.2, 0.25) is 0 Å². The molecule has 1 aliphatic rings. The van der Waals surface area contributed by atoms with Crippen molar-refractivity contribution in [2.45, 2.75) is 25.8 Å². The van der Waals surface area contributed by atoms with Gasteiger partial charge in [-0.2, -0.15) is 0 Å². The van der Waals surface area contributed by atoms with Gasteiger partial charge in [0.05, 0.1) is 5.69 Å². The molecule has 2 amide bonds. The average molecular weight is 261 g/mol. The Morgan fingerprint density at radius 2 is 2.21 bits per heavy atom. The first-order valence-electron chi connectivity index (χ1n) is 6.49. The van der Waals surface area contributed by atoms with Crippen molar-refractivity contribution in [3.8, 4) is 0 Å². The maximum atomic E-state index is 12.0. The molecule has 0 saturated carbocycles. The highest BCUT2D eigenvalue weighted by atomic mass is 16.2. The van der Waals surface area contributed by atoms with E-state index in [1.807, 2.05) is 19.2 Å². The van der Waals surface area contributed by atoms with Crippen molar-refractivity contribution in [3.05, 3.63) is 29.3 Å². The molecule has 0 unspecified atom stereocenters. The first-order valence-corrected chi connectivity index (χ1v) is 6.49. The van der Waals surface area contributed by atoms with Gasteiger partial charge in [-0.3, -0.25) is 14.5 Å². The summed E-state index contributed by atoms with van der Waals surface area (Å²) in [6, 6.07) is 5.85. The largest absolute Gasteiger partial charge is 0.330 e. The molecule has 0 aromatic heterocycles. The van der Waals surface area contributed by atoms with Gasteiger partial charge in [-0.05, 0) is 30.7 Å². The zero-order valence-electron chi connectivity index (χ0n) is 11.1. The van der Waals surface area contributed by atoms with Gasteiger partial charge in [-0.25, -0.2) is 0 Å². The van der Waals surface area contributed by atoms with Crippen molar-refractivity contribution in [1.29, 1.82) is 0 Å². The summed E-state index contributed by atoms with van der Waals surface area (Å²) in [4.78, 5) is 25.2. The van der Waals surface area contributed by atoms with Crippen LogP contribution in [0.3, 0.4) is 0 Å². The summed E-state index contributed by atoms with van der Waals surface area (Å²) in [5, 5.41) is 3.09. The smallest absolute Gasteiger partial charge is 0.235 e. The zero-order chi connectivity index (χ0) is 13.8. The second-order valence-electron chi connectivity index (χ2n) is 4.65. The highest BCUT2D eigenvalue weighted by molar-refractivity contribution is 6.16. The molecule has 0 radical (unpaired) electrons. The van der Waals surface area contributed by atoms with Gasteiger partial charge in [0.25, 0.3) is 0 Å². The number of aryl methyl sites for hydroxylation is 1. The van der Waals surface area contributed by atoms with Gasteiger partial charge in [0, 0.05) is 25.9 Å². The molecule has 0 saturated heterocycles. The Balaban J connectivity index is 2.33. The van der Waals surface area contributed by atoms with Gasteiger partial charge < -0.3 is 11.1 Å². The number of amides is 2. The molecule has 0 bridgehead atoms. The predicted molar refractivity (Wildman–Crippen MR) is 73.7 cm³/mol. The topological polar surface area (TPSA) is 75.4 Å². The molecule has 0 aliphatic carbocycles. The maximum Gasteiger partial charge on any atom is 0.235 e.